The van der Waals surface area contributed by atoms with Crippen LogP contribution >= 0.6 is 11.6 Å². The normalized spacial score (nSPS) is 15.3. The Morgan fingerprint density at radius 2 is 1.73 bits per heavy atom. The molecule has 0 bridgehead atoms. The Morgan fingerprint density at radius 3 is 2.43 bits per heavy atom. The van der Waals surface area contributed by atoms with Gasteiger partial charge in [0.2, 0.25) is 10.0 Å². The summed E-state index contributed by atoms with van der Waals surface area (Å²) >= 11 is 6.23. The van der Waals surface area contributed by atoms with Crippen LogP contribution in [0.2, 0.25) is 5.02 Å². The Bertz CT molecular complexity index is 1260. The third-order valence-corrected chi connectivity index (χ3v) is 8.42. The van der Waals surface area contributed by atoms with E-state index in [4.69, 9.17) is 11.6 Å². The lowest BCUT2D eigenvalue weighted by molar-refractivity contribution is 0.315. The van der Waals surface area contributed by atoms with Gasteiger partial charge in [-0.3, -0.25) is 4.79 Å². The fourth-order valence-corrected chi connectivity index (χ4v) is 6.35. The first-order valence-corrected chi connectivity index (χ1v) is 12.0. The van der Waals surface area contributed by atoms with E-state index >= 15 is 0 Å². The summed E-state index contributed by atoms with van der Waals surface area (Å²) in [7, 11) is -3.85. The molecule has 3 aromatic rings. The second-order valence-corrected chi connectivity index (χ2v) is 10.3. The Balaban J connectivity index is 1.80. The minimum Gasteiger partial charge on any atom is -0.322 e. The number of sulfonamides is 1. The van der Waals surface area contributed by atoms with Crippen molar-refractivity contribution in [3.8, 4) is 0 Å². The van der Waals surface area contributed by atoms with Crippen molar-refractivity contribution in [2.45, 2.75) is 57.0 Å². The number of aromatic amines is 1. The largest absolute Gasteiger partial charge is 0.322 e. The number of fused-ring (bicyclic) bond motifs is 1. The van der Waals surface area contributed by atoms with E-state index in [0.29, 0.717) is 5.56 Å². The maximum atomic E-state index is 13.5. The molecule has 0 atom stereocenters. The summed E-state index contributed by atoms with van der Waals surface area (Å²) in [4.78, 5) is 15.8. The molecule has 30 heavy (non-hydrogen) atoms. The average Bonchev–Trinajstić information content (AvgIpc) is 3.22. The number of aromatic nitrogens is 1. The quantitative estimate of drug-likeness (QED) is 0.606. The molecule has 1 aliphatic rings. The summed E-state index contributed by atoms with van der Waals surface area (Å²) in [6, 6.07) is 12.1. The maximum absolute atomic E-state index is 13.5. The van der Waals surface area contributed by atoms with E-state index in [1.54, 1.807) is 18.2 Å². The number of benzene rings is 2. The van der Waals surface area contributed by atoms with Crippen LogP contribution in [-0.4, -0.2) is 23.7 Å². The van der Waals surface area contributed by atoms with Crippen molar-refractivity contribution in [1.29, 1.82) is 0 Å². The molecule has 0 radical (unpaired) electrons. The highest BCUT2D eigenvalue weighted by Gasteiger charge is 2.35. The van der Waals surface area contributed by atoms with Crippen LogP contribution in [0.4, 0.5) is 0 Å². The monoisotopic (exact) mass is 444 g/mol. The summed E-state index contributed by atoms with van der Waals surface area (Å²) in [5, 5.41) is 1.09. The van der Waals surface area contributed by atoms with Crippen LogP contribution in [0.5, 0.6) is 0 Å². The fourth-order valence-electron chi connectivity index (χ4n) is 4.19. The highest BCUT2D eigenvalue weighted by molar-refractivity contribution is 7.89. The number of rotatable bonds is 5. The van der Waals surface area contributed by atoms with Gasteiger partial charge in [-0.05, 0) is 73.5 Å². The molecule has 2 aromatic carbocycles. The Kier molecular flexibility index (Phi) is 5.75. The van der Waals surface area contributed by atoms with Crippen LogP contribution in [0.25, 0.3) is 10.9 Å². The zero-order chi connectivity index (χ0) is 21.5. The molecule has 0 saturated heterocycles. The molecular weight excluding hydrogens is 420 g/mol. The molecule has 158 valence electrons. The van der Waals surface area contributed by atoms with Gasteiger partial charge in [0.15, 0.2) is 0 Å². The van der Waals surface area contributed by atoms with Crippen LogP contribution in [0, 0.1) is 13.8 Å². The molecule has 1 aliphatic carbocycles. The van der Waals surface area contributed by atoms with Gasteiger partial charge in [0.1, 0.15) is 4.90 Å². The molecule has 5 nitrogen and oxygen atoms in total. The average molecular weight is 445 g/mol. The van der Waals surface area contributed by atoms with Gasteiger partial charge in [-0.15, -0.1) is 0 Å². The molecule has 1 heterocycles. The molecule has 1 fully saturated rings. The molecule has 0 amide bonds. The van der Waals surface area contributed by atoms with Crippen molar-refractivity contribution in [3.63, 3.8) is 0 Å². The van der Waals surface area contributed by atoms with Crippen LogP contribution in [-0.2, 0) is 16.6 Å². The number of H-pyrrole nitrogens is 1. The third kappa shape index (κ3) is 3.92. The summed E-state index contributed by atoms with van der Waals surface area (Å²) in [5.41, 5.74) is 3.15. The predicted octanol–water partition coefficient (Wildman–Crippen LogP) is 4.93. The SMILES string of the molecule is Cc1cc2cc(CN(C3CCCC3)S(=O)(=O)c3ccccc3Cl)c(=O)[nH]c2cc1C. The first-order chi connectivity index (χ1) is 14.3. The molecule has 7 heteroatoms. The number of nitrogens with one attached hydrogen (secondary N) is 1. The summed E-state index contributed by atoms with van der Waals surface area (Å²) in [6.45, 7) is 4.04. The number of nitrogens with zero attached hydrogens (tertiary/aromatic N) is 1. The number of hydrogen-bond donors (Lipinski definition) is 1. The van der Waals surface area contributed by atoms with Gasteiger partial charge >= 0.3 is 0 Å². The van der Waals surface area contributed by atoms with Gasteiger partial charge in [0, 0.05) is 23.7 Å². The highest BCUT2D eigenvalue weighted by atomic mass is 35.5. The number of hydrogen-bond acceptors (Lipinski definition) is 3. The zero-order valence-electron chi connectivity index (χ0n) is 17.1. The Labute approximate surface area is 181 Å². The minimum atomic E-state index is -3.85. The smallest absolute Gasteiger partial charge is 0.252 e. The third-order valence-electron chi connectivity index (χ3n) is 6.02. The summed E-state index contributed by atoms with van der Waals surface area (Å²) in [6.07, 6.45) is 3.53. The van der Waals surface area contributed by atoms with Crippen LogP contribution < -0.4 is 5.56 Å². The first kappa shape index (κ1) is 21.1. The van der Waals surface area contributed by atoms with Crippen molar-refractivity contribution in [1.82, 2.24) is 9.29 Å². The van der Waals surface area contributed by atoms with Gasteiger partial charge in [-0.1, -0.05) is 36.6 Å². The lowest BCUT2D eigenvalue weighted by Gasteiger charge is -2.28. The lowest BCUT2D eigenvalue weighted by Crippen LogP contribution is -2.39. The number of aryl methyl sites for hydroxylation is 2. The minimum absolute atomic E-state index is 0.0242. The standard InChI is InChI=1S/C23H25ClN2O3S/c1-15-11-17-13-18(23(27)25-21(17)12-16(15)2)14-26(19-7-3-4-8-19)30(28,29)22-10-6-5-9-20(22)24/h5-6,9-13,19H,3-4,7-8,14H2,1-2H3,(H,25,27). The second-order valence-electron chi connectivity index (χ2n) is 8.07. The fraction of sp³-hybridized carbons (Fsp3) is 0.348. The molecular formula is C23H25ClN2O3S. The van der Waals surface area contributed by atoms with Gasteiger partial charge in [0.05, 0.1) is 5.02 Å². The summed E-state index contributed by atoms with van der Waals surface area (Å²) < 4.78 is 28.6. The van der Waals surface area contributed by atoms with E-state index in [1.165, 1.54) is 10.4 Å². The highest BCUT2D eigenvalue weighted by Crippen LogP contribution is 2.32. The van der Waals surface area contributed by atoms with Gasteiger partial charge < -0.3 is 4.98 Å². The van der Waals surface area contributed by atoms with Crippen molar-refractivity contribution < 1.29 is 8.42 Å². The molecule has 4 rings (SSSR count). The second kappa shape index (κ2) is 8.17. The number of pyridine rings is 1. The molecule has 0 aliphatic heterocycles. The van der Waals surface area contributed by atoms with Crippen molar-refractivity contribution >= 4 is 32.5 Å². The Morgan fingerprint density at radius 1 is 1.07 bits per heavy atom. The molecule has 0 unspecified atom stereocenters. The summed E-state index contributed by atoms with van der Waals surface area (Å²) in [5.74, 6) is 0. The molecule has 1 saturated carbocycles. The van der Waals surface area contributed by atoms with E-state index in [0.717, 1.165) is 47.7 Å². The number of halogens is 1. The van der Waals surface area contributed by atoms with Crippen LogP contribution in [0.15, 0.2) is 52.2 Å². The van der Waals surface area contributed by atoms with Gasteiger partial charge in [0.25, 0.3) is 5.56 Å². The maximum Gasteiger partial charge on any atom is 0.252 e. The first-order valence-electron chi connectivity index (χ1n) is 10.2. The molecule has 1 aromatic heterocycles. The van der Waals surface area contributed by atoms with Crippen LogP contribution in [0.1, 0.15) is 42.4 Å². The van der Waals surface area contributed by atoms with Crippen LogP contribution in [0.3, 0.4) is 0 Å². The van der Waals surface area contributed by atoms with E-state index in [9.17, 15) is 13.2 Å². The van der Waals surface area contributed by atoms with E-state index < -0.39 is 10.0 Å². The van der Waals surface area contributed by atoms with E-state index in [1.807, 2.05) is 32.0 Å². The lowest BCUT2D eigenvalue weighted by atomic mass is 10.0. The Hall–Kier alpha value is -2.15. The van der Waals surface area contributed by atoms with Crippen molar-refractivity contribution in [2.24, 2.45) is 0 Å². The van der Waals surface area contributed by atoms with Gasteiger partial charge in [-0.2, -0.15) is 4.31 Å². The zero-order valence-corrected chi connectivity index (χ0v) is 18.7. The van der Waals surface area contributed by atoms with Crippen molar-refractivity contribution in [3.05, 3.63) is 74.5 Å². The van der Waals surface area contributed by atoms with Crippen molar-refractivity contribution in [2.75, 3.05) is 0 Å². The topological polar surface area (TPSA) is 70.2 Å². The molecule has 0 spiro atoms. The predicted molar refractivity (Wildman–Crippen MR) is 120 cm³/mol. The molecule has 1 N–H and O–H groups in total. The van der Waals surface area contributed by atoms with E-state index in [2.05, 4.69) is 4.98 Å². The van der Waals surface area contributed by atoms with E-state index in [-0.39, 0.29) is 28.1 Å². The van der Waals surface area contributed by atoms with Gasteiger partial charge in [-0.25, -0.2) is 8.42 Å².